The molecule has 1 atom stereocenters. The Hall–Kier alpha value is -3.32. The van der Waals surface area contributed by atoms with Crippen molar-refractivity contribution in [3.8, 4) is 5.75 Å². The number of carboxylic acid groups (broad SMARTS) is 1. The quantitative estimate of drug-likeness (QED) is 0.529. The lowest BCUT2D eigenvalue weighted by Crippen LogP contribution is -2.23. The SMILES string of the molecule is O=C1CC(c2cccc(OCCO)c2)c2[nH]c3ccccc3c2N1.O=CO. The largest absolute Gasteiger partial charge is 0.491 e. The number of aromatic nitrogens is 1. The van der Waals surface area contributed by atoms with Crippen LogP contribution in [0.5, 0.6) is 5.75 Å². The lowest BCUT2D eigenvalue weighted by atomic mass is 9.88. The monoisotopic (exact) mass is 368 g/mol. The maximum atomic E-state index is 12.2. The van der Waals surface area contributed by atoms with E-state index in [1.54, 1.807) is 0 Å². The van der Waals surface area contributed by atoms with Gasteiger partial charge in [0.15, 0.2) is 0 Å². The molecule has 7 nitrogen and oxygen atoms in total. The molecule has 2 heterocycles. The molecule has 0 saturated heterocycles. The minimum Gasteiger partial charge on any atom is -0.491 e. The van der Waals surface area contributed by atoms with Gasteiger partial charge in [-0.1, -0.05) is 30.3 Å². The average molecular weight is 368 g/mol. The number of aromatic amines is 1. The van der Waals surface area contributed by atoms with Crippen molar-refractivity contribution < 1.29 is 24.5 Å². The summed E-state index contributed by atoms with van der Waals surface area (Å²) >= 11 is 0. The fourth-order valence-electron chi connectivity index (χ4n) is 3.31. The summed E-state index contributed by atoms with van der Waals surface area (Å²) in [6, 6.07) is 15.7. The predicted molar refractivity (Wildman–Crippen MR) is 101 cm³/mol. The Labute approximate surface area is 155 Å². The first-order valence-electron chi connectivity index (χ1n) is 8.49. The summed E-state index contributed by atoms with van der Waals surface area (Å²) in [5.41, 5.74) is 3.93. The van der Waals surface area contributed by atoms with Crippen LogP contribution >= 0.6 is 0 Å². The fourth-order valence-corrected chi connectivity index (χ4v) is 3.31. The Balaban J connectivity index is 0.000000659. The van der Waals surface area contributed by atoms with Crippen LogP contribution in [0.15, 0.2) is 48.5 Å². The molecular weight excluding hydrogens is 348 g/mol. The molecule has 0 aliphatic carbocycles. The molecule has 0 spiro atoms. The number of aliphatic hydroxyl groups is 1. The minimum absolute atomic E-state index is 0.0129. The van der Waals surface area contributed by atoms with Crippen molar-refractivity contribution >= 4 is 29.0 Å². The third-order valence-electron chi connectivity index (χ3n) is 4.36. The molecule has 1 amide bonds. The third kappa shape index (κ3) is 3.93. The fraction of sp³-hybridized carbons (Fsp3) is 0.200. The summed E-state index contributed by atoms with van der Waals surface area (Å²) < 4.78 is 5.50. The maximum absolute atomic E-state index is 12.2. The van der Waals surface area contributed by atoms with Crippen LogP contribution in [0.4, 0.5) is 5.69 Å². The van der Waals surface area contributed by atoms with Gasteiger partial charge in [-0.05, 0) is 23.8 Å². The number of carbonyl (C=O) groups is 2. The molecule has 27 heavy (non-hydrogen) atoms. The van der Waals surface area contributed by atoms with Crippen molar-refractivity contribution in [3.05, 3.63) is 59.8 Å². The van der Waals surface area contributed by atoms with Crippen LogP contribution in [0.2, 0.25) is 0 Å². The third-order valence-corrected chi connectivity index (χ3v) is 4.36. The Bertz CT molecular complexity index is 950. The second-order valence-electron chi connectivity index (χ2n) is 6.01. The first-order valence-corrected chi connectivity index (χ1v) is 8.49. The standard InChI is InChI=1S/C19H18N2O3.CH2O2/c22-8-9-24-13-5-3-4-12(10-13)15-11-17(23)21-18-14-6-1-2-7-16(14)20-19(15)18;2-1-3/h1-7,10,15,20,22H,8-9,11H2,(H,21,23);1H,(H,2,3). The number of hydrogen-bond donors (Lipinski definition) is 4. The highest BCUT2D eigenvalue weighted by Gasteiger charge is 2.29. The normalized spacial score (nSPS) is 15.3. The minimum atomic E-state index is -0.250. The number of carbonyl (C=O) groups excluding carboxylic acids is 1. The summed E-state index contributed by atoms with van der Waals surface area (Å²) in [5, 5.41) is 19.8. The second-order valence-corrected chi connectivity index (χ2v) is 6.01. The zero-order valence-electron chi connectivity index (χ0n) is 14.5. The van der Waals surface area contributed by atoms with Crippen molar-refractivity contribution in [3.63, 3.8) is 0 Å². The van der Waals surface area contributed by atoms with Crippen molar-refractivity contribution in [2.24, 2.45) is 0 Å². The highest BCUT2D eigenvalue weighted by Crippen LogP contribution is 2.41. The van der Waals surface area contributed by atoms with Crippen LogP contribution in [-0.2, 0) is 9.59 Å². The molecule has 0 bridgehead atoms. The van der Waals surface area contributed by atoms with Crippen LogP contribution < -0.4 is 10.1 Å². The predicted octanol–water partition coefficient (Wildman–Crippen LogP) is 2.71. The van der Waals surface area contributed by atoms with Crippen LogP contribution in [0, 0.1) is 0 Å². The molecule has 1 aliphatic rings. The number of amides is 1. The van der Waals surface area contributed by atoms with E-state index >= 15 is 0 Å². The Kier molecular flexibility index (Phi) is 5.73. The molecule has 0 fully saturated rings. The maximum Gasteiger partial charge on any atom is 0.290 e. The average Bonchev–Trinajstić information content (AvgIpc) is 3.05. The molecular formula is C20H20N2O5. The van der Waals surface area contributed by atoms with Gasteiger partial charge in [0.1, 0.15) is 12.4 Å². The zero-order valence-corrected chi connectivity index (χ0v) is 14.5. The first kappa shape index (κ1) is 18.5. The molecule has 0 saturated carbocycles. The second kappa shape index (κ2) is 8.37. The van der Waals surface area contributed by atoms with Gasteiger partial charge in [-0.2, -0.15) is 0 Å². The summed E-state index contributed by atoms with van der Waals surface area (Å²) in [5.74, 6) is 0.669. The topological polar surface area (TPSA) is 112 Å². The van der Waals surface area contributed by atoms with Gasteiger partial charge in [0.2, 0.25) is 5.91 Å². The molecule has 4 rings (SSSR count). The van der Waals surface area contributed by atoms with E-state index in [0.29, 0.717) is 12.2 Å². The zero-order chi connectivity index (χ0) is 19.2. The smallest absolute Gasteiger partial charge is 0.290 e. The van der Waals surface area contributed by atoms with E-state index in [1.165, 1.54) is 0 Å². The van der Waals surface area contributed by atoms with Gasteiger partial charge in [-0.3, -0.25) is 9.59 Å². The number of aliphatic hydroxyl groups excluding tert-OH is 1. The number of nitrogens with one attached hydrogen (secondary N) is 2. The Morgan fingerprint density at radius 2 is 1.96 bits per heavy atom. The van der Waals surface area contributed by atoms with Gasteiger partial charge < -0.3 is 25.3 Å². The van der Waals surface area contributed by atoms with Crippen molar-refractivity contribution in [2.45, 2.75) is 12.3 Å². The van der Waals surface area contributed by atoms with E-state index < -0.39 is 0 Å². The van der Waals surface area contributed by atoms with Crippen LogP contribution in [0.25, 0.3) is 10.9 Å². The van der Waals surface area contributed by atoms with E-state index in [-0.39, 0.29) is 31.5 Å². The molecule has 140 valence electrons. The molecule has 1 unspecified atom stereocenters. The highest BCUT2D eigenvalue weighted by molar-refractivity contribution is 6.05. The molecule has 0 radical (unpaired) electrons. The molecule has 1 aromatic heterocycles. The molecule has 4 N–H and O–H groups in total. The number of anilines is 1. The number of hydrogen-bond acceptors (Lipinski definition) is 4. The van der Waals surface area contributed by atoms with Crippen molar-refractivity contribution in [1.29, 1.82) is 0 Å². The van der Waals surface area contributed by atoms with Crippen molar-refractivity contribution in [2.75, 3.05) is 18.5 Å². The van der Waals surface area contributed by atoms with Crippen LogP contribution in [-0.4, -0.2) is 40.8 Å². The van der Waals surface area contributed by atoms with E-state index in [4.69, 9.17) is 19.7 Å². The number of para-hydroxylation sites is 1. The molecule has 3 aromatic rings. The molecule has 7 heteroatoms. The van der Waals surface area contributed by atoms with E-state index in [2.05, 4.69) is 10.3 Å². The summed E-state index contributed by atoms with van der Waals surface area (Å²) in [4.78, 5) is 24.0. The summed E-state index contributed by atoms with van der Waals surface area (Å²) in [6.07, 6.45) is 0.392. The van der Waals surface area contributed by atoms with Crippen LogP contribution in [0.1, 0.15) is 23.6 Å². The van der Waals surface area contributed by atoms with E-state index in [1.807, 2.05) is 48.5 Å². The van der Waals surface area contributed by atoms with Crippen molar-refractivity contribution in [1.82, 2.24) is 4.98 Å². The van der Waals surface area contributed by atoms with Gasteiger partial charge in [-0.15, -0.1) is 0 Å². The summed E-state index contributed by atoms with van der Waals surface area (Å²) in [6.45, 7) is -0.0194. The lowest BCUT2D eigenvalue weighted by molar-refractivity contribution is -0.123. The van der Waals surface area contributed by atoms with Gasteiger partial charge >= 0.3 is 0 Å². The molecule has 2 aromatic carbocycles. The van der Waals surface area contributed by atoms with Gasteiger partial charge in [0.05, 0.1) is 12.3 Å². The van der Waals surface area contributed by atoms with E-state index in [0.717, 1.165) is 27.8 Å². The number of ether oxygens (including phenoxy) is 1. The number of fused-ring (bicyclic) bond motifs is 3. The van der Waals surface area contributed by atoms with E-state index in [9.17, 15) is 4.79 Å². The lowest BCUT2D eigenvalue weighted by Gasteiger charge is -2.23. The number of rotatable bonds is 4. The van der Waals surface area contributed by atoms with Crippen LogP contribution in [0.3, 0.4) is 0 Å². The molecule has 1 aliphatic heterocycles. The van der Waals surface area contributed by atoms with Gasteiger partial charge in [0, 0.05) is 28.9 Å². The van der Waals surface area contributed by atoms with Gasteiger partial charge in [0.25, 0.3) is 6.47 Å². The Morgan fingerprint density at radius 1 is 1.19 bits per heavy atom. The highest BCUT2D eigenvalue weighted by atomic mass is 16.5. The first-order chi connectivity index (χ1) is 13.2. The number of benzene rings is 2. The Morgan fingerprint density at radius 3 is 2.74 bits per heavy atom. The number of H-pyrrole nitrogens is 1. The summed E-state index contributed by atoms with van der Waals surface area (Å²) in [7, 11) is 0. The van der Waals surface area contributed by atoms with Gasteiger partial charge in [-0.25, -0.2) is 0 Å².